The van der Waals surface area contributed by atoms with Crippen molar-refractivity contribution >= 4 is 11.6 Å². The number of primary amides is 1. The van der Waals surface area contributed by atoms with E-state index in [1.54, 1.807) is 21.3 Å². The Morgan fingerprint density at radius 3 is 2.00 bits per heavy atom. The van der Waals surface area contributed by atoms with Gasteiger partial charge >= 0.3 is 0 Å². The lowest BCUT2D eigenvalue weighted by Crippen LogP contribution is -2.13. The van der Waals surface area contributed by atoms with Crippen LogP contribution in [0.25, 0.3) is 0 Å². The first-order valence-corrected chi connectivity index (χ1v) is 7.47. The van der Waals surface area contributed by atoms with E-state index >= 15 is 0 Å². The minimum Gasteiger partial charge on any atom is -0.493 e. The van der Waals surface area contributed by atoms with Gasteiger partial charge in [0, 0.05) is 12.2 Å². The molecule has 0 saturated carbocycles. The van der Waals surface area contributed by atoms with Crippen molar-refractivity contribution in [3.63, 3.8) is 0 Å². The van der Waals surface area contributed by atoms with Crippen LogP contribution in [-0.4, -0.2) is 27.2 Å². The smallest absolute Gasteiger partial charge is 0.221 e. The van der Waals surface area contributed by atoms with Crippen molar-refractivity contribution in [2.75, 3.05) is 26.6 Å². The number of ether oxygens (including phenoxy) is 3. The van der Waals surface area contributed by atoms with Crippen LogP contribution >= 0.6 is 0 Å². The molecule has 0 heterocycles. The lowest BCUT2D eigenvalue weighted by molar-refractivity contribution is -0.117. The minimum absolute atomic E-state index is 0.243. The van der Waals surface area contributed by atoms with Crippen LogP contribution in [0.4, 0.5) is 5.69 Å². The van der Waals surface area contributed by atoms with E-state index in [1.165, 1.54) is 0 Å². The lowest BCUT2D eigenvalue weighted by Gasteiger charge is -2.15. The van der Waals surface area contributed by atoms with Crippen molar-refractivity contribution in [2.24, 2.45) is 5.73 Å². The molecule has 2 aromatic rings. The molecule has 6 heteroatoms. The molecule has 128 valence electrons. The van der Waals surface area contributed by atoms with Gasteiger partial charge in [-0.2, -0.15) is 0 Å². The van der Waals surface area contributed by atoms with Crippen LogP contribution < -0.4 is 25.3 Å². The number of nitrogens with one attached hydrogen (secondary N) is 1. The summed E-state index contributed by atoms with van der Waals surface area (Å²) >= 11 is 0. The number of carbonyl (C=O) groups excluding carboxylic acids is 1. The summed E-state index contributed by atoms with van der Waals surface area (Å²) in [5.74, 6) is 1.46. The summed E-state index contributed by atoms with van der Waals surface area (Å²) in [6.45, 7) is 0.589. The average molecular weight is 330 g/mol. The topological polar surface area (TPSA) is 82.8 Å². The third-order valence-electron chi connectivity index (χ3n) is 3.55. The van der Waals surface area contributed by atoms with Crippen LogP contribution in [0.1, 0.15) is 11.1 Å². The van der Waals surface area contributed by atoms with Crippen LogP contribution in [0.5, 0.6) is 17.2 Å². The molecule has 0 radical (unpaired) electrons. The summed E-state index contributed by atoms with van der Waals surface area (Å²) in [6.07, 6.45) is 0.243. The maximum atomic E-state index is 10.9. The van der Waals surface area contributed by atoms with Gasteiger partial charge in [0.05, 0.1) is 27.8 Å². The Balaban J connectivity index is 2.10. The number of rotatable bonds is 8. The Hall–Kier alpha value is -2.89. The maximum Gasteiger partial charge on any atom is 0.221 e. The highest BCUT2D eigenvalue weighted by Crippen LogP contribution is 2.38. The fourth-order valence-electron chi connectivity index (χ4n) is 2.38. The molecule has 6 nitrogen and oxygen atoms in total. The SMILES string of the molecule is COc1cc(CNc2ccc(CC(N)=O)cc2)cc(OC)c1OC. The zero-order chi connectivity index (χ0) is 17.5. The fourth-order valence-corrected chi connectivity index (χ4v) is 2.38. The average Bonchev–Trinajstić information content (AvgIpc) is 2.59. The molecule has 2 aromatic carbocycles. The summed E-state index contributed by atoms with van der Waals surface area (Å²) in [5, 5.41) is 3.31. The molecular weight excluding hydrogens is 308 g/mol. The second-order valence-electron chi connectivity index (χ2n) is 5.23. The molecule has 24 heavy (non-hydrogen) atoms. The molecule has 0 bridgehead atoms. The van der Waals surface area contributed by atoms with E-state index in [9.17, 15) is 4.79 Å². The van der Waals surface area contributed by atoms with Crippen LogP contribution in [0.3, 0.4) is 0 Å². The highest BCUT2D eigenvalue weighted by atomic mass is 16.5. The zero-order valence-electron chi connectivity index (χ0n) is 14.1. The number of hydrogen-bond donors (Lipinski definition) is 2. The van der Waals surface area contributed by atoms with Gasteiger partial charge in [0.2, 0.25) is 11.7 Å². The molecule has 0 saturated heterocycles. The van der Waals surface area contributed by atoms with Gasteiger partial charge in [0.15, 0.2) is 11.5 Å². The molecule has 1 amide bonds. The molecular formula is C18H22N2O4. The number of nitrogens with two attached hydrogens (primary N) is 1. The van der Waals surface area contributed by atoms with Crippen LogP contribution in [0.15, 0.2) is 36.4 Å². The molecule has 2 rings (SSSR count). The van der Waals surface area contributed by atoms with Gasteiger partial charge in [-0.25, -0.2) is 0 Å². The van der Waals surface area contributed by atoms with Crippen molar-refractivity contribution in [1.29, 1.82) is 0 Å². The van der Waals surface area contributed by atoms with Crippen molar-refractivity contribution in [2.45, 2.75) is 13.0 Å². The van der Waals surface area contributed by atoms with Gasteiger partial charge in [-0.05, 0) is 35.4 Å². The predicted molar refractivity (Wildman–Crippen MR) is 92.8 cm³/mol. The van der Waals surface area contributed by atoms with E-state index in [0.29, 0.717) is 23.8 Å². The monoisotopic (exact) mass is 330 g/mol. The van der Waals surface area contributed by atoms with E-state index in [4.69, 9.17) is 19.9 Å². The number of hydrogen-bond acceptors (Lipinski definition) is 5. The van der Waals surface area contributed by atoms with Gasteiger partial charge in [0.1, 0.15) is 0 Å². The van der Waals surface area contributed by atoms with Gasteiger partial charge in [-0.1, -0.05) is 12.1 Å². The molecule has 0 atom stereocenters. The summed E-state index contributed by atoms with van der Waals surface area (Å²) in [4.78, 5) is 10.9. The van der Waals surface area contributed by atoms with Gasteiger partial charge < -0.3 is 25.3 Å². The number of amides is 1. The Morgan fingerprint density at radius 1 is 0.958 bits per heavy atom. The first kappa shape index (κ1) is 17.5. The Morgan fingerprint density at radius 2 is 1.54 bits per heavy atom. The van der Waals surface area contributed by atoms with Gasteiger partial charge in [-0.3, -0.25) is 4.79 Å². The highest BCUT2D eigenvalue weighted by Gasteiger charge is 2.13. The highest BCUT2D eigenvalue weighted by molar-refractivity contribution is 5.76. The molecule has 0 aromatic heterocycles. The number of methoxy groups -OCH3 is 3. The Labute approximate surface area is 141 Å². The quantitative estimate of drug-likeness (QED) is 0.776. The minimum atomic E-state index is -0.340. The van der Waals surface area contributed by atoms with Gasteiger partial charge in [-0.15, -0.1) is 0 Å². The largest absolute Gasteiger partial charge is 0.493 e. The molecule has 0 spiro atoms. The second kappa shape index (κ2) is 8.10. The summed E-state index contributed by atoms with van der Waals surface area (Å²) in [6, 6.07) is 11.4. The number of carbonyl (C=O) groups is 1. The van der Waals surface area contributed by atoms with E-state index in [1.807, 2.05) is 36.4 Å². The second-order valence-corrected chi connectivity index (χ2v) is 5.23. The summed E-state index contributed by atoms with van der Waals surface area (Å²) in [7, 11) is 4.75. The standard InChI is InChI=1S/C18H22N2O4/c1-22-15-8-13(9-16(23-2)18(15)24-3)11-20-14-6-4-12(5-7-14)10-17(19)21/h4-9,20H,10-11H2,1-3H3,(H2,19,21). The van der Waals surface area contributed by atoms with E-state index in [0.717, 1.165) is 16.8 Å². The third kappa shape index (κ3) is 4.32. The molecule has 0 aliphatic rings. The van der Waals surface area contributed by atoms with Crippen molar-refractivity contribution in [3.05, 3.63) is 47.5 Å². The molecule has 0 fully saturated rings. The first-order valence-electron chi connectivity index (χ1n) is 7.47. The molecule has 3 N–H and O–H groups in total. The predicted octanol–water partition coefficient (Wildman–Crippen LogP) is 2.35. The number of anilines is 1. The van der Waals surface area contributed by atoms with E-state index < -0.39 is 0 Å². The Kier molecular flexibility index (Phi) is 5.89. The zero-order valence-corrected chi connectivity index (χ0v) is 14.1. The first-order chi connectivity index (χ1) is 11.6. The maximum absolute atomic E-state index is 10.9. The normalized spacial score (nSPS) is 10.1. The van der Waals surface area contributed by atoms with Crippen LogP contribution in [0.2, 0.25) is 0 Å². The molecule has 0 aliphatic carbocycles. The van der Waals surface area contributed by atoms with Crippen molar-refractivity contribution in [1.82, 2.24) is 0 Å². The fraction of sp³-hybridized carbons (Fsp3) is 0.278. The van der Waals surface area contributed by atoms with E-state index in [2.05, 4.69) is 5.32 Å². The number of benzene rings is 2. The van der Waals surface area contributed by atoms with Crippen molar-refractivity contribution in [3.8, 4) is 17.2 Å². The lowest BCUT2D eigenvalue weighted by atomic mass is 10.1. The molecule has 0 unspecified atom stereocenters. The van der Waals surface area contributed by atoms with Crippen molar-refractivity contribution < 1.29 is 19.0 Å². The molecule has 0 aliphatic heterocycles. The van der Waals surface area contributed by atoms with E-state index in [-0.39, 0.29) is 12.3 Å². The van der Waals surface area contributed by atoms with Gasteiger partial charge in [0.25, 0.3) is 0 Å². The third-order valence-corrected chi connectivity index (χ3v) is 3.55. The summed E-state index contributed by atoms with van der Waals surface area (Å²) < 4.78 is 16.0. The Bertz CT molecular complexity index is 674. The van der Waals surface area contributed by atoms with Crippen LogP contribution in [-0.2, 0) is 17.8 Å². The summed E-state index contributed by atoms with van der Waals surface area (Å²) in [5.41, 5.74) is 8.01. The van der Waals surface area contributed by atoms with Crippen LogP contribution in [0, 0.1) is 0 Å².